The van der Waals surface area contributed by atoms with E-state index in [1.807, 2.05) is 27.7 Å². The number of pyridine rings is 1. The maximum absolute atomic E-state index is 6.13. The molecule has 0 radical (unpaired) electrons. The fourth-order valence-corrected chi connectivity index (χ4v) is 4.22. The first kappa shape index (κ1) is 21.6. The fourth-order valence-electron chi connectivity index (χ4n) is 4.22. The number of nitrogens with two attached hydrogens (primary N) is 1. The van der Waals surface area contributed by atoms with Crippen LogP contribution in [0.15, 0.2) is 42.7 Å². The van der Waals surface area contributed by atoms with E-state index in [9.17, 15) is 0 Å². The van der Waals surface area contributed by atoms with Gasteiger partial charge < -0.3 is 24.7 Å². The van der Waals surface area contributed by atoms with Gasteiger partial charge in [-0.3, -0.25) is 0 Å². The van der Waals surface area contributed by atoms with Crippen LogP contribution in [0.5, 0.6) is 0 Å². The summed E-state index contributed by atoms with van der Waals surface area (Å²) in [5.41, 5.74) is 12.9. The minimum absolute atomic E-state index is 0.356. The Morgan fingerprint density at radius 2 is 2.00 bits per heavy atom. The van der Waals surface area contributed by atoms with Crippen LogP contribution in [-0.4, -0.2) is 64.3 Å². The second kappa shape index (κ2) is 9.30. The first-order valence-electron chi connectivity index (χ1n) is 11.2. The van der Waals surface area contributed by atoms with Crippen molar-refractivity contribution in [1.29, 1.82) is 0 Å². The molecule has 0 saturated carbocycles. The Hall–Kier alpha value is -3.27. The van der Waals surface area contributed by atoms with Crippen molar-refractivity contribution in [2.24, 2.45) is 5.73 Å². The molecule has 1 saturated heterocycles. The van der Waals surface area contributed by atoms with Crippen molar-refractivity contribution in [3.63, 3.8) is 0 Å². The summed E-state index contributed by atoms with van der Waals surface area (Å²) in [5.74, 6) is 0.725. The third-order valence-corrected chi connectivity index (χ3v) is 5.95. The minimum atomic E-state index is 0.356. The van der Waals surface area contributed by atoms with Crippen LogP contribution in [0, 0.1) is 6.92 Å². The van der Waals surface area contributed by atoms with Crippen LogP contribution in [0.3, 0.4) is 0 Å². The fraction of sp³-hybridized carbons (Fsp3) is 0.375. The van der Waals surface area contributed by atoms with Crippen molar-refractivity contribution in [2.45, 2.75) is 20.0 Å². The average Bonchev–Trinajstić information content (AvgIpc) is 3.47. The lowest BCUT2D eigenvalue weighted by atomic mass is 10.1. The quantitative estimate of drug-likeness (QED) is 0.465. The average molecular weight is 448 g/mol. The van der Waals surface area contributed by atoms with Crippen molar-refractivity contribution in [3.8, 4) is 17.1 Å². The number of ether oxygens (including phenoxy) is 2. The second-order valence-electron chi connectivity index (χ2n) is 8.21. The van der Waals surface area contributed by atoms with Gasteiger partial charge in [0, 0.05) is 44.9 Å². The van der Waals surface area contributed by atoms with Crippen LogP contribution in [0.25, 0.3) is 28.2 Å². The Kier molecular flexibility index (Phi) is 6.08. The standard InChI is InChI=1S/C24H29N7O2/c1-17-4-3-5-18(12-17)20-13-19(15-25)31(28-20)22-14-21(29-7-10-33-11-8-29)23-24(27-22)30(16-26-23)6-9-32-2/h3-5,12-14,16H,6-11,15,25H2,1-2H3. The lowest BCUT2D eigenvalue weighted by Crippen LogP contribution is -2.36. The number of methoxy groups -OCH3 is 1. The molecule has 1 aliphatic heterocycles. The molecule has 4 heterocycles. The molecule has 172 valence electrons. The molecule has 1 aromatic carbocycles. The van der Waals surface area contributed by atoms with E-state index in [1.165, 1.54) is 5.56 Å². The zero-order valence-electron chi connectivity index (χ0n) is 19.1. The van der Waals surface area contributed by atoms with Gasteiger partial charge in [-0.1, -0.05) is 23.8 Å². The monoisotopic (exact) mass is 447 g/mol. The zero-order chi connectivity index (χ0) is 22.8. The lowest BCUT2D eigenvalue weighted by Gasteiger charge is -2.29. The van der Waals surface area contributed by atoms with E-state index in [4.69, 9.17) is 30.3 Å². The van der Waals surface area contributed by atoms with E-state index >= 15 is 0 Å². The van der Waals surface area contributed by atoms with E-state index in [0.29, 0.717) is 32.9 Å². The summed E-state index contributed by atoms with van der Waals surface area (Å²) in [6.45, 7) is 6.68. The number of imidazole rings is 1. The molecular weight excluding hydrogens is 418 g/mol. The number of anilines is 1. The highest BCUT2D eigenvalue weighted by Crippen LogP contribution is 2.29. The van der Waals surface area contributed by atoms with Gasteiger partial charge in [-0.05, 0) is 19.1 Å². The number of nitrogens with zero attached hydrogens (tertiary/aromatic N) is 6. The first-order valence-corrected chi connectivity index (χ1v) is 11.2. The highest BCUT2D eigenvalue weighted by atomic mass is 16.5. The second-order valence-corrected chi connectivity index (χ2v) is 8.21. The van der Waals surface area contributed by atoms with Crippen molar-refractivity contribution >= 4 is 16.9 Å². The van der Waals surface area contributed by atoms with Crippen LogP contribution in [0.4, 0.5) is 5.69 Å². The Balaban J connectivity index is 1.65. The van der Waals surface area contributed by atoms with E-state index in [0.717, 1.165) is 52.7 Å². The van der Waals surface area contributed by atoms with E-state index < -0.39 is 0 Å². The summed E-state index contributed by atoms with van der Waals surface area (Å²) < 4.78 is 14.7. The first-order chi connectivity index (χ1) is 16.2. The molecule has 9 heteroatoms. The predicted octanol–water partition coefficient (Wildman–Crippen LogP) is 2.53. The van der Waals surface area contributed by atoms with Crippen LogP contribution in [0.2, 0.25) is 0 Å². The third kappa shape index (κ3) is 4.22. The third-order valence-electron chi connectivity index (χ3n) is 5.95. The van der Waals surface area contributed by atoms with Gasteiger partial charge in [-0.2, -0.15) is 5.10 Å². The van der Waals surface area contributed by atoms with E-state index in [1.54, 1.807) is 7.11 Å². The maximum atomic E-state index is 6.13. The van der Waals surface area contributed by atoms with Crippen LogP contribution in [-0.2, 0) is 22.6 Å². The topological polar surface area (TPSA) is 96.2 Å². The van der Waals surface area contributed by atoms with Crippen LogP contribution < -0.4 is 10.6 Å². The number of morpholine rings is 1. The van der Waals surface area contributed by atoms with Gasteiger partial charge in [0.1, 0.15) is 5.52 Å². The molecule has 0 unspecified atom stereocenters. The van der Waals surface area contributed by atoms with Gasteiger partial charge in [0.2, 0.25) is 0 Å². The number of hydrogen-bond donors (Lipinski definition) is 1. The Morgan fingerprint density at radius 1 is 1.15 bits per heavy atom. The van der Waals surface area contributed by atoms with Gasteiger partial charge in [-0.15, -0.1) is 0 Å². The van der Waals surface area contributed by atoms with Gasteiger partial charge in [-0.25, -0.2) is 14.6 Å². The molecule has 1 fully saturated rings. The van der Waals surface area contributed by atoms with Gasteiger partial charge in [0.25, 0.3) is 0 Å². The molecule has 2 N–H and O–H groups in total. The molecule has 9 nitrogen and oxygen atoms in total. The largest absolute Gasteiger partial charge is 0.383 e. The highest BCUT2D eigenvalue weighted by molar-refractivity contribution is 5.87. The number of fused-ring (bicyclic) bond motifs is 1. The Morgan fingerprint density at radius 3 is 2.76 bits per heavy atom. The van der Waals surface area contributed by atoms with Crippen molar-refractivity contribution < 1.29 is 9.47 Å². The summed E-state index contributed by atoms with van der Waals surface area (Å²) in [7, 11) is 1.70. The zero-order valence-corrected chi connectivity index (χ0v) is 19.1. The molecule has 0 amide bonds. The molecule has 33 heavy (non-hydrogen) atoms. The SMILES string of the molecule is COCCn1cnc2c(N3CCOCC3)cc(-n3nc(-c4cccc(C)c4)cc3CN)nc21. The molecule has 3 aromatic heterocycles. The van der Waals surface area contributed by atoms with Crippen LogP contribution >= 0.6 is 0 Å². The van der Waals surface area contributed by atoms with Gasteiger partial charge in [0.15, 0.2) is 11.5 Å². The predicted molar refractivity (Wildman–Crippen MR) is 128 cm³/mol. The number of hydrogen-bond acceptors (Lipinski definition) is 7. The summed E-state index contributed by atoms with van der Waals surface area (Å²) >= 11 is 0. The Labute approximate surface area is 192 Å². The maximum Gasteiger partial charge on any atom is 0.164 e. The molecule has 4 aromatic rings. The molecule has 0 aliphatic carbocycles. The van der Waals surface area contributed by atoms with E-state index in [2.05, 4.69) is 36.1 Å². The van der Waals surface area contributed by atoms with Crippen molar-refractivity contribution in [3.05, 3.63) is 54.0 Å². The van der Waals surface area contributed by atoms with Crippen LogP contribution in [0.1, 0.15) is 11.3 Å². The molecule has 0 bridgehead atoms. The lowest BCUT2D eigenvalue weighted by molar-refractivity contribution is 0.123. The molecule has 0 atom stereocenters. The molecule has 1 aliphatic rings. The summed E-state index contributed by atoms with van der Waals surface area (Å²) in [4.78, 5) is 12.0. The molecule has 5 rings (SSSR count). The Bertz CT molecular complexity index is 1260. The summed E-state index contributed by atoms with van der Waals surface area (Å²) in [6.07, 6.45) is 1.83. The molecule has 0 spiro atoms. The highest BCUT2D eigenvalue weighted by Gasteiger charge is 2.21. The number of benzene rings is 1. The van der Waals surface area contributed by atoms with Crippen molar-refractivity contribution in [1.82, 2.24) is 24.3 Å². The number of aryl methyl sites for hydroxylation is 1. The smallest absolute Gasteiger partial charge is 0.164 e. The summed E-state index contributed by atoms with van der Waals surface area (Å²) in [5, 5.41) is 4.91. The minimum Gasteiger partial charge on any atom is -0.383 e. The normalized spacial score (nSPS) is 14.3. The number of aromatic nitrogens is 5. The van der Waals surface area contributed by atoms with Gasteiger partial charge >= 0.3 is 0 Å². The number of rotatable bonds is 7. The van der Waals surface area contributed by atoms with Crippen molar-refractivity contribution in [2.75, 3.05) is 44.9 Å². The summed E-state index contributed by atoms with van der Waals surface area (Å²) in [6, 6.07) is 12.4. The van der Waals surface area contributed by atoms with Gasteiger partial charge in [0.05, 0.1) is 43.2 Å². The molecular formula is C24H29N7O2. The van der Waals surface area contributed by atoms with E-state index in [-0.39, 0.29) is 0 Å².